The SMILES string of the molecule is CCOc1c(Cl)cc(C(CO)N2CCN(C)CC2)cc1OC. The van der Waals surface area contributed by atoms with E-state index < -0.39 is 0 Å². The molecular formula is C16H25ClN2O3. The zero-order chi connectivity index (χ0) is 16.1. The molecule has 1 fully saturated rings. The van der Waals surface area contributed by atoms with E-state index in [9.17, 15) is 5.11 Å². The Morgan fingerprint density at radius 3 is 2.50 bits per heavy atom. The van der Waals surface area contributed by atoms with Crippen LogP contribution in [0.15, 0.2) is 12.1 Å². The molecule has 5 nitrogen and oxygen atoms in total. The second-order valence-electron chi connectivity index (χ2n) is 5.50. The lowest BCUT2D eigenvalue weighted by Gasteiger charge is -2.37. The molecule has 124 valence electrons. The fourth-order valence-corrected chi connectivity index (χ4v) is 3.06. The Morgan fingerprint density at radius 2 is 1.95 bits per heavy atom. The summed E-state index contributed by atoms with van der Waals surface area (Å²) in [4.78, 5) is 4.57. The van der Waals surface area contributed by atoms with E-state index in [0.29, 0.717) is 23.1 Å². The molecule has 0 bridgehead atoms. The summed E-state index contributed by atoms with van der Waals surface area (Å²) in [5, 5.41) is 10.4. The fourth-order valence-electron chi connectivity index (χ4n) is 2.78. The quantitative estimate of drug-likeness (QED) is 0.865. The van der Waals surface area contributed by atoms with Crippen molar-refractivity contribution in [3.63, 3.8) is 0 Å². The number of methoxy groups -OCH3 is 1. The van der Waals surface area contributed by atoms with Gasteiger partial charge < -0.3 is 19.5 Å². The lowest BCUT2D eigenvalue weighted by molar-refractivity contribution is 0.0746. The lowest BCUT2D eigenvalue weighted by Crippen LogP contribution is -2.46. The number of halogens is 1. The molecule has 0 radical (unpaired) electrons. The summed E-state index contributed by atoms with van der Waals surface area (Å²) in [5.74, 6) is 1.17. The maximum Gasteiger partial charge on any atom is 0.179 e. The minimum atomic E-state index is -0.0734. The van der Waals surface area contributed by atoms with Gasteiger partial charge in [-0.3, -0.25) is 4.90 Å². The zero-order valence-electron chi connectivity index (χ0n) is 13.5. The molecule has 1 atom stereocenters. The summed E-state index contributed by atoms with van der Waals surface area (Å²) in [6.07, 6.45) is 0. The third-order valence-corrected chi connectivity index (χ3v) is 4.36. The minimum absolute atomic E-state index is 0.0528. The van der Waals surface area contributed by atoms with Crippen molar-refractivity contribution in [2.24, 2.45) is 0 Å². The van der Waals surface area contributed by atoms with Crippen LogP contribution in [0.25, 0.3) is 0 Å². The van der Waals surface area contributed by atoms with Crippen molar-refractivity contribution >= 4 is 11.6 Å². The Balaban J connectivity index is 2.27. The van der Waals surface area contributed by atoms with Gasteiger partial charge in [0.15, 0.2) is 11.5 Å². The van der Waals surface area contributed by atoms with Gasteiger partial charge in [0.25, 0.3) is 0 Å². The van der Waals surface area contributed by atoms with Crippen LogP contribution in [0.1, 0.15) is 18.5 Å². The number of aliphatic hydroxyl groups is 1. The normalized spacial score (nSPS) is 18.2. The number of hydrogen-bond acceptors (Lipinski definition) is 5. The van der Waals surface area contributed by atoms with E-state index in [1.807, 2.05) is 19.1 Å². The first-order valence-corrected chi connectivity index (χ1v) is 8.02. The lowest BCUT2D eigenvalue weighted by atomic mass is 10.0. The number of likely N-dealkylation sites (N-methyl/N-ethyl adjacent to an activating group) is 1. The van der Waals surface area contributed by atoms with Crippen LogP contribution in [-0.2, 0) is 0 Å². The Labute approximate surface area is 137 Å². The third kappa shape index (κ3) is 3.84. The summed E-state index contributed by atoms with van der Waals surface area (Å²) in [7, 11) is 3.71. The van der Waals surface area contributed by atoms with Crippen LogP contribution in [0.4, 0.5) is 0 Å². The van der Waals surface area contributed by atoms with E-state index in [1.54, 1.807) is 7.11 Å². The molecule has 22 heavy (non-hydrogen) atoms. The van der Waals surface area contributed by atoms with E-state index in [1.165, 1.54) is 0 Å². The zero-order valence-corrected chi connectivity index (χ0v) is 14.3. The molecule has 1 saturated heterocycles. The molecule has 2 rings (SSSR count). The van der Waals surface area contributed by atoms with Crippen LogP contribution in [-0.4, -0.2) is 68.5 Å². The van der Waals surface area contributed by atoms with Crippen LogP contribution in [0, 0.1) is 0 Å². The Bertz CT molecular complexity index is 491. The molecule has 0 spiro atoms. The number of hydrogen-bond donors (Lipinski definition) is 1. The molecule has 1 aromatic rings. The first-order chi connectivity index (χ1) is 10.6. The summed E-state index contributed by atoms with van der Waals surface area (Å²) < 4.78 is 10.9. The smallest absolute Gasteiger partial charge is 0.179 e. The molecule has 6 heteroatoms. The third-order valence-electron chi connectivity index (χ3n) is 4.08. The second-order valence-corrected chi connectivity index (χ2v) is 5.91. The Morgan fingerprint density at radius 1 is 1.27 bits per heavy atom. The topological polar surface area (TPSA) is 45.2 Å². The van der Waals surface area contributed by atoms with Crippen LogP contribution in [0.3, 0.4) is 0 Å². The van der Waals surface area contributed by atoms with Gasteiger partial charge in [0.05, 0.1) is 31.4 Å². The van der Waals surface area contributed by atoms with Gasteiger partial charge in [0, 0.05) is 26.2 Å². The minimum Gasteiger partial charge on any atom is -0.493 e. The average molecular weight is 329 g/mol. The summed E-state index contributed by atoms with van der Waals surface area (Å²) in [6, 6.07) is 3.71. The van der Waals surface area contributed by atoms with Gasteiger partial charge in [-0.15, -0.1) is 0 Å². The van der Waals surface area contributed by atoms with Crippen LogP contribution >= 0.6 is 11.6 Å². The standard InChI is InChI=1S/C16H25ClN2O3/c1-4-22-16-13(17)9-12(10-15(16)21-3)14(11-20)19-7-5-18(2)6-8-19/h9-10,14,20H,4-8,11H2,1-3H3. The van der Waals surface area contributed by atoms with Crippen molar-refractivity contribution in [3.05, 3.63) is 22.7 Å². The van der Waals surface area contributed by atoms with Gasteiger partial charge in [-0.2, -0.15) is 0 Å². The van der Waals surface area contributed by atoms with Gasteiger partial charge in [-0.1, -0.05) is 11.6 Å². The van der Waals surface area contributed by atoms with E-state index in [-0.39, 0.29) is 12.6 Å². The number of nitrogens with zero attached hydrogens (tertiary/aromatic N) is 2. The highest BCUT2D eigenvalue weighted by molar-refractivity contribution is 6.32. The number of piperazine rings is 1. The van der Waals surface area contributed by atoms with E-state index in [4.69, 9.17) is 21.1 Å². The van der Waals surface area contributed by atoms with Crippen LogP contribution in [0.2, 0.25) is 5.02 Å². The second kappa shape index (κ2) is 8.02. The Hall–Kier alpha value is -1.01. The number of rotatable bonds is 6. The first kappa shape index (κ1) is 17.3. The highest BCUT2D eigenvalue weighted by Crippen LogP contribution is 2.39. The fraction of sp³-hybridized carbons (Fsp3) is 0.625. The van der Waals surface area contributed by atoms with Crippen molar-refractivity contribution in [2.45, 2.75) is 13.0 Å². The summed E-state index contributed by atoms with van der Waals surface area (Å²) >= 11 is 6.34. The largest absolute Gasteiger partial charge is 0.493 e. The van der Waals surface area contributed by atoms with Gasteiger partial charge >= 0.3 is 0 Å². The van der Waals surface area contributed by atoms with Crippen molar-refractivity contribution in [3.8, 4) is 11.5 Å². The van der Waals surface area contributed by atoms with Crippen molar-refractivity contribution in [2.75, 3.05) is 53.6 Å². The predicted octanol–water partition coefficient (Wildman–Crippen LogP) is 2.03. The van der Waals surface area contributed by atoms with E-state index >= 15 is 0 Å². The Kier molecular flexibility index (Phi) is 6.32. The molecule has 0 aliphatic carbocycles. The van der Waals surface area contributed by atoms with Crippen molar-refractivity contribution < 1.29 is 14.6 Å². The summed E-state index contributed by atoms with van der Waals surface area (Å²) in [6.45, 7) is 6.33. The van der Waals surface area contributed by atoms with E-state index in [2.05, 4.69) is 16.8 Å². The number of aliphatic hydroxyl groups excluding tert-OH is 1. The molecule has 1 unspecified atom stereocenters. The molecule has 1 aliphatic rings. The molecule has 0 amide bonds. The van der Waals surface area contributed by atoms with Crippen LogP contribution < -0.4 is 9.47 Å². The van der Waals surface area contributed by atoms with Crippen LogP contribution in [0.5, 0.6) is 11.5 Å². The predicted molar refractivity (Wildman–Crippen MR) is 88.1 cm³/mol. The van der Waals surface area contributed by atoms with Crippen molar-refractivity contribution in [1.29, 1.82) is 0 Å². The maximum atomic E-state index is 9.85. The first-order valence-electron chi connectivity index (χ1n) is 7.64. The number of ether oxygens (including phenoxy) is 2. The molecule has 1 aliphatic heterocycles. The molecule has 1 heterocycles. The van der Waals surface area contributed by atoms with Gasteiger partial charge in [0.2, 0.25) is 0 Å². The summed E-state index contributed by atoms with van der Waals surface area (Å²) in [5.41, 5.74) is 0.956. The molecule has 0 saturated carbocycles. The molecule has 1 aromatic carbocycles. The monoisotopic (exact) mass is 328 g/mol. The average Bonchev–Trinajstić information content (AvgIpc) is 2.52. The number of benzene rings is 1. The van der Waals surface area contributed by atoms with Crippen molar-refractivity contribution in [1.82, 2.24) is 9.80 Å². The maximum absolute atomic E-state index is 9.85. The molecular weight excluding hydrogens is 304 g/mol. The highest BCUT2D eigenvalue weighted by Gasteiger charge is 2.25. The van der Waals surface area contributed by atoms with E-state index in [0.717, 1.165) is 31.7 Å². The van der Waals surface area contributed by atoms with Gasteiger partial charge in [0.1, 0.15) is 0 Å². The van der Waals surface area contributed by atoms with Gasteiger partial charge in [-0.25, -0.2) is 0 Å². The molecule has 1 N–H and O–H groups in total. The van der Waals surface area contributed by atoms with Gasteiger partial charge in [-0.05, 0) is 31.7 Å². The molecule has 0 aromatic heterocycles. The highest BCUT2D eigenvalue weighted by atomic mass is 35.5.